The minimum atomic E-state index is 0.624. The lowest BCUT2D eigenvalue weighted by Crippen LogP contribution is -1.96. The molecule has 16 heavy (non-hydrogen) atoms. The Hall–Kier alpha value is 0.630. The highest BCUT2D eigenvalue weighted by Crippen LogP contribution is 2.29. The summed E-state index contributed by atoms with van der Waals surface area (Å²) in [6.07, 6.45) is 2.47. The van der Waals surface area contributed by atoms with Crippen LogP contribution in [0.25, 0.3) is 0 Å². The number of hydrogen-bond acceptors (Lipinski definition) is 1. The molecule has 0 saturated carbocycles. The summed E-state index contributed by atoms with van der Waals surface area (Å²) in [5.41, 5.74) is 0. The highest BCUT2D eigenvalue weighted by molar-refractivity contribution is 9.09. The van der Waals surface area contributed by atoms with E-state index in [4.69, 9.17) is 23.2 Å². The average molecular weight is 342 g/mol. The number of hydrogen-bond donors (Lipinski definition) is 0. The third-order valence-corrected chi connectivity index (χ3v) is 4.60. The third-order valence-electron chi connectivity index (χ3n) is 2.37. The summed E-state index contributed by atoms with van der Waals surface area (Å²) in [7, 11) is 0. The zero-order chi connectivity index (χ0) is 12.0. The van der Waals surface area contributed by atoms with Crippen LogP contribution in [0.2, 0.25) is 10.0 Å². The van der Waals surface area contributed by atoms with Crippen molar-refractivity contribution < 1.29 is 0 Å². The molecule has 1 aromatic carbocycles. The molecule has 1 atom stereocenters. The fourth-order valence-corrected chi connectivity index (χ4v) is 3.54. The summed E-state index contributed by atoms with van der Waals surface area (Å²) < 4.78 is 0. The molecular weight excluding hydrogens is 327 g/mol. The fourth-order valence-electron chi connectivity index (χ4n) is 1.28. The third kappa shape index (κ3) is 5.31. The first-order valence-electron chi connectivity index (χ1n) is 5.27. The van der Waals surface area contributed by atoms with E-state index >= 15 is 0 Å². The summed E-state index contributed by atoms with van der Waals surface area (Å²) in [6.45, 7) is 2.29. The van der Waals surface area contributed by atoms with Crippen molar-refractivity contribution in [2.45, 2.75) is 24.7 Å². The Labute approximate surface area is 120 Å². The predicted octanol–water partition coefficient (Wildman–Crippen LogP) is 5.90. The van der Waals surface area contributed by atoms with Crippen LogP contribution < -0.4 is 0 Å². The molecule has 0 bridgehead atoms. The van der Waals surface area contributed by atoms with Gasteiger partial charge in [0.1, 0.15) is 0 Å². The molecule has 0 N–H and O–H groups in total. The Morgan fingerprint density at radius 1 is 1.25 bits per heavy atom. The Morgan fingerprint density at radius 3 is 2.62 bits per heavy atom. The van der Waals surface area contributed by atoms with Gasteiger partial charge < -0.3 is 0 Å². The standard InChI is InChI=1S/C12H15BrCl2S/c1-9(4-6-13)5-7-16-10-2-3-11(14)12(15)8-10/h2-3,8-9H,4-7H2,1H3. The van der Waals surface area contributed by atoms with Crippen LogP contribution in [0.3, 0.4) is 0 Å². The van der Waals surface area contributed by atoms with Gasteiger partial charge in [-0.25, -0.2) is 0 Å². The van der Waals surface area contributed by atoms with E-state index in [1.54, 1.807) is 0 Å². The maximum absolute atomic E-state index is 5.95. The van der Waals surface area contributed by atoms with Crippen LogP contribution in [0.1, 0.15) is 19.8 Å². The lowest BCUT2D eigenvalue weighted by Gasteiger charge is -2.09. The summed E-state index contributed by atoms with van der Waals surface area (Å²) >= 11 is 17.1. The van der Waals surface area contributed by atoms with Crippen molar-refractivity contribution in [1.29, 1.82) is 0 Å². The van der Waals surface area contributed by atoms with Crippen LogP contribution in [0.4, 0.5) is 0 Å². The van der Waals surface area contributed by atoms with Gasteiger partial charge in [-0.3, -0.25) is 0 Å². The van der Waals surface area contributed by atoms with Gasteiger partial charge in [-0.15, -0.1) is 11.8 Å². The van der Waals surface area contributed by atoms with Gasteiger partial charge in [-0.2, -0.15) is 0 Å². The molecule has 90 valence electrons. The summed E-state index contributed by atoms with van der Waals surface area (Å²) in [4.78, 5) is 1.19. The fraction of sp³-hybridized carbons (Fsp3) is 0.500. The van der Waals surface area contributed by atoms with Gasteiger partial charge in [0.25, 0.3) is 0 Å². The minimum absolute atomic E-state index is 0.624. The summed E-state index contributed by atoms with van der Waals surface area (Å²) in [6, 6.07) is 5.81. The van der Waals surface area contributed by atoms with Crippen molar-refractivity contribution in [2.24, 2.45) is 5.92 Å². The molecule has 0 fully saturated rings. The van der Waals surface area contributed by atoms with Gasteiger partial charge in [-0.05, 0) is 42.7 Å². The summed E-state index contributed by atoms with van der Waals surface area (Å²) in [5.74, 6) is 1.90. The molecule has 1 unspecified atom stereocenters. The van der Waals surface area contributed by atoms with Crippen molar-refractivity contribution in [3.05, 3.63) is 28.2 Å². The number of benzene rings is 1. The first kappa shape index (κ1) is 14.7. The van der Waals surface area contributed by atoms with Crippen LogP contribution in [-0.4, -0.2) is 11.1 Å². The zero-order valence-electron chi connectivity index (χ0n) is 9.18. The second-order valence-corrected chi connectivity index (χ2v) is 6.57. The van der Waals surface area contributed by atoms with E-state index in [0.717, 1.165) is 17.0 Å². The highest BCUT2D eigenvalue weighted by Gasteiger charge is 2.03. The monoisotopic (exact) mass is 340 g/mol. The molecule has 1 aromatic rings. The van der Waals surface area contributed by atoms with E-state index in [2.05, 4.69) is 22.9 Å². The minimum Gasteiger partial charge on any atom is -0.126 e. The molecule has 0 amide bonds. The molecule has 0 radical (unpaired) electrons. The highest BCUT2D eigenvalue weighted by atomic mass is 79.9. The van der Waals surface area contributed by atoms with E-state index in [1.165, 1.54) is 17.7 Å². The molecule has 0 spiro atoms. The molecular formula is C12H15BrCl2S. The van der Waals surface area contributed by atoms with Gasteiger partial charge in [0.05, 0.1) is 10.0 Å². The van der Waals surface area contributed by atoms with Crippen molar-refractivity contribution in [1.82, 2.24) is 0 Å². The largest absolute Gasteiger partial charge is 0.126 e. The molecule has 0 nitrogen and oxygen atoms in total. The van der Waals surface area contributed by atoms with Gasteiger partial charge >= 0.3 is 0 Å². The Kier molecular flexibility index (Phi) is 7.22. The first-order valence-corrected chi connectivity index (χ1v) is 8.13. The predicted molar refractivity (Wildman–Crippen MR) is 79.4 cm³/mol. The zero-order valence-corrected chi connectivity index (χ0v) is 13.1. The quantitative estimate of drug-likeness (QED) is 0.458. The SMILES string of the molecule is CC(CCBr)CCSc1ccc(Cl)c(Cl)c1. The van der Waals surface area contributed by atoms with Crippen molar-refractivity contribution in [3.8, 4) is 0 Å². The summed E-state index contributed by atoms with van der Waals surface area (Å²) in [5, 5.41) is 2.35. The van der Waals surface area contributed by atoms with E-state index in [1.807, 2.05) is 30.0 Å². The molecule has 0 aliphatic rings. The molecule has 0 aliphatic carbocycles. The number of rotatable bonds is 6. The first-order chi connectivity index (χ1) is 7.63. The Balaban J connectivity index is 2.34. The Morgan fingerprint density at radius 2 is 2.00 bits per heavy atom. The maximum Gasteiger partial charge on any atom is 0.0603 e. The van der Waals surface area contributed by atoms with Gasteiger partial charge in [0.15, 0.2) is 0 Å². The number of alkyl halides is 1. The van der Waals surface area contributed by atoms with Crippen molar-refractivity contribution in [2.75, 3.05) is 11.1 Å². The lowest BCUT2D eigenvalue weighted by atomic mass is 10.1. The van der Waals surface area contributed by atoms with E-state index in [9.17, 15) is 0 Å². The molecule has 0 heterocycles. The molecule has 0 aliphatic heterocycles. The van der Waals surface area contributed by atoms with Crippen LogP contribution in [-0.2, 0) is 0 Å². The Bertz CT molecular complexity index is 331. The average Bonchev–Trinajstić information content (AvgIpc) is 2.24. The molecule has 0 aromatic heterocycles. The number of halogens is 3. The smallest absolute Gasteiger partial charge is 0.0603 e. The topological polar surface area (TPSA) is 0 Å². The van der Waals surface area contributed by atoms with Gasteiger partial charge in [0, 0.05) is 10.2 Å². The lowest BCUT2D eigenvalue weighted by molar-refractivity contribution is 0.555. The normalized spacial score (nSPS) is 12.8. The van der Waals surface area contributed by atoms with E-state index in [0.29, 0.717) is 10.0 Å². The van der Waals surface area contributed by atoms with Gasteiger partial charge in [0.2, 0.25) is 0 Å². The van der Waals surface area contributed by atoms with E-state index in [-0.39, 0.29) is 0 Å². The van der Waals surface area contributed by atoms with Gasteiger partial charge in [-0.1, -0.05) is 46.1 Å². The van der Waals surface area contributed by atoms with Crippen LogP contribution >= 0.6 is 50.9 Å². The second kappa shape index (κ2) is 7.86. The van der Waals surface area contributed by atoms with Crippen molar-refractivity contribution >= 4 is 50.9 Å². The molecule has 0 saturated heterocycles. The molecule has 4 heteroatoms. The maximum atomic E-state index is 5.95. The van der Waals surface area contributed by atoms with E-state index < -0.39 is 0 Å². The van der Waals surface area contributed by atoms with Crippen LogP contribution in [0.15, 0.2) is 23.1 Å². The number of thioether (sulfide) groups is 1. The molecule has 1 rings (SSSR count). The second-order valence-electron chi connectivity index (χ2n) is 3.80. The van der Waals surface area contributed by atoms with Crippen LogP contribution in [0, 0.1) is 5.92 Å². The van der Waals surface area contributed by atoms with Crippen LogP contribution in [0.5, 0.6) is 0 Å². The van der Waals surface area contributed by atoms with Crippen molar-refractivity contribution in [3.63, 3.8) is 0 Å².